The summed E-state index contributed by atoms with van der Waals surface area (Å²) in [5.74, 6) is 0.574. The largest absolute Gasteiger partial charge is 0.494 e. The molecule has 1 heterocycles. The van der Waals surface area contributed by atoms with E-state index in [0.717, 1.165) is 32.3 Å². The van der Waals surface area contributed by atoms with E-state index in [1.807, 2.05) is 32.0 Å². The molecule has 1 aromatic heterocycles. The SMILES string of the molecule is CCOc1ccc2nc(Nc3cc(F)ccc3C)sc2c1. The predicted octanol–water partition coefficient (Wildman–Crippen LogP) is 4.89. The summed E-state index contributed by atoms with van der Waals surface area (Å²) in [6.45, 7) is 4.52. The molecule has 0 fully saturated rings. The van der Waals surface area contributed by atoms with Gasteiger partial charge in [-0.15, -0.1) is 0 Å². The molecule has 21 heavy (non-hydrogen) atoms. The first-order chi connectivity index (χ1) is 10.2. The smallest absolute Gasteiger partial charge is 0.188 e. The Morgan fingerprint density at radius 2 is 2.10 bits per heavy atom. The predicted molar refractivity (Wildman–Crippen MR) is 85.2 cm³/mol. The van der Waals surface area contributed by atoms with Gasteiger partial charge >= 0.3 is 0 Å². The van der Waals surface area contributed by atoms with Crippen molar-refractivity contribution in [2.45, 2.75) is 13.8 Å². The zero-order valence-electron chi connectivity index (χ0n) is 11.8. The second kappa shape index (κ2) is 5.69. The van der Waals surface area contributed by atoms with Crippen molar-refractivity contribution < 1.29 is 9.13 Å². The molecule has 2 aromatic carbocycles. The summed E-state index contributed by atoms with van der Waals surface area (Å²) < 4.78 is 19.8. The van der Waals surface area contributed by atoms with Crippen molar-refractivity contribution in [3.05, 3.63) is 47.8 Å². The lowest BCUT2D eigenvalue weighted by Crippen LogP contribution is -1.93. The highest BCUT2D eigenvalue weighted by molar-refractivity contribution is 7.22. The first kappa shape index (κ1) is 13.8. The molecule has 0 aliphatic heterocycles. The van der Waals surface area contributed by atoms with Crippen LogP contribution < -0.4 is 10.1 Å². The zero-order chi connectivity index (χ0) is 14.8. The fraction of sp³-hybridized carbons (Fsp3) is 0.188. The van der Waals surface area contributed by atoms with E-state index in [0.29, 0.717) is 6.61 Å². The molecular formula is C16H15FN2OS. The minimum Gasteiger partial charge on any atom is -0.494 e. The van der Waals surface area contributed by atoms with E-state index in [2.05, 4.69) is 10.3 Å². The van der Waals surface area contributed by atoms with Gasteiger partial charge in [0.1, 0.15) is 11.6 Å². The lowest BCUT2D eigenvalue weighted by molar-refractivity contribution is 0.341. The average molecular weight is 302 g/mol. The number of nitrogens with one attached hydrogen (secondary N) is 1. The number of anilines is 2. The molecule has 0 bridgehead atoms. The molecule has 3 aromatic rings. The van der Waals surface area contributed by atoms with Crippen LogP contribution in [0, 0.1) is 12.7 Å². The maximum Gasteiger partial charge on any atom is 0.188 e. The van der Waals surface area contributed by atoms with Gasteiger partial charge in [-0.1, -0.05) is 17.4 Å². The van der Waals surface area contributed by atoms with Gasteiger partial charge in [0.25, 0.3) is 0 Å². The van der Waals surface area contributed by atoms with Crippen LogP contribution in [0.2, 0.25) is 0 Å². The van der Waals surface area contributed by atoms with Crippen molar-refractivity contribution >= 4 is 32.4 Å². The Balaban J connectivity index is 1.92. The first-order valence-electron chi connectivity index (χ1n) is 6.72. The number of halogens is 1. The number of fused-ring (bicyclic) bond motifs is 1. The Morgan fingerprint density at radius 3 is 2.90 bits per heavy atom. The van der Waals surface area contributed by atoms with Crippen molar-refractivity contribution in [3.8, 4) is 5.75 Å². The van der Waals surface area contributed by atoms with Gasteiger partial charge in [0.15, 0.2) is 5.13 Å². The molecular weight excluding hydrogens is 287 g/mol. The summed E-state index contributed by atoms with van der Waals surface area (Å²) in [5, 5.41) is 3.92. The van der Waals surface area contributed by atoms with Crippen LogP contribution in [0.5, 0.6) is 5.75 Å². The molecule has 0 saturated heterocycles. The Labute approximate surface area is 126 Å². The van der Waals surface area contributed by atoms with E-state index < -0.39 is 0 Å². The van der Waals surface area contributed by atoms with Crippen LogP contribution in [-0.2, 0) is 0 Å². The van der Waals surface area contributed by atoms with Crippen LogP contribution in [0.25, 0.3) is 10.2 Å². The molecule has 3 rings (SSSR count). The normalized spacial score (nSPS) is 10.8. The molecule has 0 aliphatic rings. The lowest BCUT2D eigenvalue weighted by Gasteiger charge is -2.05. The number of ether oxygens (including phenoxy) is 1. The molecule has 0 amide bonds. The summed E-state index contributed by atoms with van der Waals surface area (Å²) in [6, 6.07) is 10.5. The number of aromatic nitrogens is 1. The van der Waals surface area contributed by atoms with Gasteiger partial charge in [-0.3, -0.25) is 0 Å². The molecule has 1 N–H and O–H groups in total. The fourth-order valence-electron chi connectivity index (χ4n) is 2.06. The Kier molecular flexibility index (Phi) is 3.75. The third-order valence-electron chi connectivity index (χ3n) is 3.11. The van der Waals surface area contributed by atoms with Crippen molar-refractivity contribution in [3.63, 3.8) is 0 Å². The second-order valence-electron chi connectivity index (χ2n) is 4.67. The van der Waals surface area contributed by atoms with Crippen LogP contribution in [0.15, 0.2) is 36.4 Å². The minimum absolute atomic E-state index is 0.261. The standard InChI is InChI=1S/C16H15FN2OS/c1-3-20-12-6-7-13-15(9-12)21-16(18-13)19-14-8-11(17)5-4-10(14)2/h4-9H,3H2,1-2H3,(H,18,19). The van der Waals surface area contributed by atoms with Crippen LogP contribution in [0.4, 0.5) is 15.2 Å². The lowest BCUT2D eigenvalue weighted by atomic mass is 10.2. The van der Waals surface area contributed by atoms with E-state index in [9.17, 15) is 4.39 Å². The van der Waals surface area contributed by atoms with Crippen molar-refractivity contribution in [1.82, 2.24) is 4.98 Å². The molecule has 108 valence electrons. The van der Waals surface area contributed by atoms with E-state index in [-0.39, 0.29) is 5.82 Å². The zero-order valence-corrected chi connectivity index (χ0v) is 12.6. The van der Waals surface area contributed by atoms with Crippen molar-refractivity contribution in [2.75, 3.05) is 11.9 Å². The Morgan fingerprint density at radius 1 is 1.24 bits per heavy atom. The number of hydrogen-bond acceptors (Lipinski definition) is 4. The van der Waals surface area contributed by atoms with E-state index in [1.54, 1.807) is 6.07 Å². The summed E-state index contributed by atoms with van der Waals surface area (Å²) in [5.41, 5.74) is 2.62. The van der Waals surface area contributed by atoms with E-state index >= 15 is 0 Å². The van der Waals surface area contributed by atoms with Gasteiger partial charge in [0.05, 0.1) is 16.8 Å². The quantitative estimate of drug-likeness (QED) is 0.745. The molecule has 5 heteroatoms. The molecule has 3 nitrogen and oxygen atoms in total. The van der Waals surface area contributed by atoms with E-state index in [1.165, 1.54) is 23.5 Å². The highest BCUT2D eigenvalue weighted by Gasteiger charge is 2.07. The van der Waals surface area contributed by atoms with Crippen LogP contribution in [-0.4, -0.2) is 11.6 Å². The fourth-order valence-corrected chi connectivity index (χ4v) is 2.97. The van der Waals surface area contributed by atoms with Gasteiger partial charge in [0, 0.05) is 5.69 Å². The van der Waals surface area contributed by atoms with Crippen LogP contribution in [0.1, 0.15) is 12.5 Å². The topological polar surface area (TPSA) is 34.1 Å². The molecule has 0 atom stereocenters. The molecule has 0 spiro atoms. The Bertz CT molecular complexity index is 785. The number of benzene rings is 2. The van der Waals surface area contributed by atoms with Crippen molar-refractivity contribution in [2.24, 2.45) is 0 Å². The third kappa shape index (κ3) is 2.97. The molecule has 0 saturated carbocycles. The monoisotopic (exact) mass is 302 g/mol. The average Bonchev–Trinajstić information content (AvgIpc) is 2.85. The highest BCUT2D eigenvalue weighted by Crippen LogP contribution is 2.31. The van der Waals surface area contributed by atoms with Gasteiger partial charge in [-0.2, -0.15) is 0 Å². The maximum absolute atomic E-state index is 13.3. The number of thiazole rings is 1. The number of nitrogens with zero attached hydrogens (tertiary/aromatic N) is 1. The Hall–Kier alpha value is -2.14. The van der Waals surface area contributed by atoms with Crippen LogP contribution in [0.3, 0.4) is 0 Å². The first-order valence-corrected chi connectivity index (χ1v) is 7.54. The summed E-state index contributed by atoms with van der Waals surface area (Å²) >= 11 is 1.52. The molecule has 0 aliphatic carbocycles. The second-order valence-corrected chi connectivity index (χ2v) is 5.70. The molecule has 0 radical (unpaired) electrons. The van der Waals surface area contributed by atoms with E-state index in [4.69, 9.17) is 4.74 Å². The number of hydrogen-bond donors (Lipinski definition) is 1. The van der Waals surface area contributed by atoms with Gasteiger partial charge in [0.2, 0.25) is 0 Å². The number of aryl methyl sites for hydroxylation is 1. The highest BCUT2D eigenvalue weighted by atomic mass is 32.1. The summed E-state index contributed by atoms with van der Waals surface area (Å²) in [7, 11) is 0. The summed E-state index contributed by atoms with van der Waals surface area (Å²) in [6.07, 6.45) is 0. The van der Waals surface area contributed by atoms with Gasteiger partial charge in [-0.05, 0) is 49.7 Å². The molecule has 0 unspecified atom stereocenters. The summed E-state index contributed by atoms with van der Waals surface area (Å²) in [4.78, 5) is 4.51. The van der Waals surface area contributed by atoms with Crippen LogP contribution >= 0.6 is 11.3 Å². The minimum atomic E-state index is -0.261. The maximum atomic E-state index is 13.3. The third-order valence-corrected chi connectivity index (χ3v) is 4.05. The van der Waals surface area contributed by atoms with Gasteiger partial charge in [-0.25, -0.2) is 9.37 Å². The van der Waals surface area contributed by atoms with Crippen molar-refractivity contribution in [1.29, 1.82) is 0 Å². The number of rotatable bonds is 4. The van der Waals surface area contributed by atoms with Gasteiger partial charge < -0.3 is 10.1 Å².